The summed E-state index contributed by atoms with van der Waals surface area (Å²) in [6, 6.07) is 0.160. The van der Waals surface area contributed by atoms with Crippen LogP contribution in [0.15, 0.2) is 0 Å². The molecule has 1 aliphatic carbocycles. The highest BCUT2D eigenvalue weighted by Gasteiger charge is 2.54. The lowest BCUT2D eigenvalue weighted by atomic mass is 9.96. The van der Waals surface area contributed by atoms with Crippen molar-refractivity contribution in [3.63, 3.8) is 0 Å². The Labute approximate surface area is 123 Å². The molecule has 20 heavy (non-hydrogen) atoms. The fourth-order valence-corrected chi connectivity index (χ4v) is 3.73. The molecule has 2 fully saturated rings. The molecule has 0 aromatic rings. The molecule has 4 nitrogen and oxygen atoms in total. The van der Waals surface area contributed by atoms with Crippen LogP contribution in [-0.2, 0) is 9.53 Å². The summed E-state index contributed by atoms with van der Waals surface area (Å²) in [6.45, 7) is 9.35. The van der Waals surface area contributed by atoms with Crippen LogP contribution in [0.25, 0.3) is 0 Å². The van der Waals surface area contributed by atoms with Crippen molar-refractivity contribution in [2.45, 2.75) is 71.1 Å². The van der Waals surface area contributed by atoms with Gasteiger partial charge in [-0.15, -0.1) is 0 Å². The Bertz CT molecular complexity index is 348. The minimum Gasteiger partial charge on any atom is -0.383 e. The summed E-state index contributed by atoms with van der Waals surface area (Å²) < 4.78 is 5.38. The number of carbonyl (C=O) groups excluding carboxylic acids is 1. The molecule has 116 valence electrons. The van der Waals surface area contributed by atoms with Gasteiger partial charge in [0.1, 0.15) is 0 Å². The molecule has 1 saturated carbocycles. The van der Waals surface area contributed by atoms with Crippen LogP contribution in [-0.4, -0.2) is 42.3 Å². The first-order valence-corrected chi connectivity index (χ1v) is 8.02. The van der Waals surface area contributed by atoms with E-state index in [0.29, 0.717) is 24.3 Å². The summed E-state index contributed by atoms with van der Waals surface area (Å²) in [5.74, 6) is 1.12. The van der Waals surface area contributed by atoms with Crippen molar-refractivity contribution in [2.75, 3.05) is 13.7 Å². The molecule has 2 unspecified atom stereocenters. The molecule has 2 atom stereocenters. The normalized spacial score (nSPS) is 27.2. The monoisotopic (exact) mass is 282 g/mol. The van der Waals surface area contributed by atoms with Crippen molar-refractivity contribution in [1.29, 1.82) is 0 Å². The van der Waals surface area contributed by atoms with Crippen molar-refractivity contribution in [1.82, 2.24) is 10.2 Å². The molecule has 1 aliphatic heterocycles. The van der Waals surface area contributed by atoms with Crippen LogP contribution in [0.1, 0.15) is 53.4 Å². The van der Waals surface area contributed by atoms with Crippen molar-refractivity contribution < 1.29 is 9.53 Å². The van der Waals surface area contributed by atoms with E-state index in [4.69, 9.17) is 4.74 Å². The summed E-state index contributed by atoms with van der Waals surface area (Å²) in [4.78, 5) is 15.2. The average molecular weight is 282 g/mol. The first kappa shape index (κ1) is 15.8. The van der Waals surface area contributed by atoms with Gasteiger partial charge in [0.15, 0.2) is 0 Å². The van der Waals surface area contributed by atoms with Crippen LogP contribution in [0.2, 0.25) is 0 Å². The van der Waals surface area contributed by atoms with E-state index >= 15 is 0 Å². The minimum atomic E-state index is -0.282. The predicted molar refractivity (Wildman–Crippen MR) is 80.3 cm³/mol. The largest absolute Gasteiger partial charge is 0.383 e. The van der Waals surface area contributed by atoms with E-state index in [1.807, 2.05) is 0 Å². The van der Waals surface area contributed by atoms with Gasteiger partial charge in [-0.25, -0.2) is 0 Å². The third kappa shape index (κ3) is 2.60. The van der Waals surface area contributed by atoms with Gasteiger partial charge in [-0.05, 0) is 24.7 Å². The zero-order chi connectivity index (χ0) is 14.9. The maximum Gasteiger partial charge on any atom is 0.244 e. The van der Waals surface area contributed by atoms with E-state index in [2.05, 4.69) is 37.9 Å². The van der Waals surface area contributed by atoms with E-state index in [1.165, 1.54) is 0 Å². The highest BCUT2D eigenvalue weighted by Crippen LogP contribution is 2.39. The number of methoxy groups -OCH3 is 1. The number of rotatable bonds is 5. The summed E-state index contributed by atoms with van der Waals surface area (Å²) in [6.07, 6.45) is 4.44. The van der Waals surface area contributed by atoms with Gasteiger partial charge in [-0.2, -0.15) is 0 Å². The van der Waals surface area contributed by atoms with Gasteiger partial charge >= 0.3 is 0 Å². The molecular weight excluding hydrogens is 252 g/mol. The molecule has 0 aromatic carbocycles. The maximum absolute atomic E-state index is 13.1. The van der Waals surface area contributed by atoms with Crippen LogP contribution < -0.4 is 5.32 Å². The summed E-state index contributed by atoms with van der Waals surface area (Å²) in [5, 5.41) is 3.68. The molecule has 1 spiro atoms. The number of ether oxygens (including phenoxy) is 1. The Morgan fingerprint density at radius 1 is 1.30 bits per heavy atom. The van der Waals surface area contributed by atoms with E-state index in [0.717, 1.165) is 25.7 Å². The Morgan fingerprint density at radius 2 is 1.90 bits per heavy atom. The van der Waals surface area contributed by atoms with Gasteiger partial charge in [0.2, 0.25) is 5.91 Å². The van der Waals surface area contributed by atoms with Crippen LogP contribution in [0, 0.1) is 11.8 Å². The summed E-state index contributed by atoms with van der Waals surface area (Å²) >= 11 is 0. The van der Waals surface area contributed by atoms with Crippen LogP contribution in [0.4, 0.5) is 0 Å². The molecule has 2 aliphatic rings. The van der Waals surface area contributed by atoms with Gasteiger partial charge < -0.3 is 9.64 Å². The number of hydrogen-bond acceptors (Lipinski definition) is 3. The second kappa shape index (κ2) is 6.02. The lowest BCUT2D eigenvalue weighted by molar-refractivity contribution is -0.138. The Kier molecular flexibility index (Phi) is 4.75. The molecule has 4 heteroatoms. The van der Waals surface area contributed by atoms with Crippen LogP contribution >= 0.6 is 0 Å². The highest BCUT2D eigenvalue weighted by atomic mass is 16.5. The van der Waals surface area contributed by atoms with E-state index in [1.54, 1.807) is 7.11 Å². The molecule has 0 bridgehead atoms. The van der Waals surface area contributed by atoms with Crippen LogP contribution in [0.5, 0.6) is 0 Å². The van der Waals surface area contributed by atoms with Gasteiger partial charge in [0, 0.05) is 7.11 Å². The van der Waals surface area contributed by atoms with Gasteiger partial charge in [-0.3, -0.25) is 10.1 Å². The van der Waals surface area contributed by atoms with E-state index in [-0.39, 0.29) is 17.7 Å². The van der Waals surface area contributed by atoms with Crippen LogP contribution in [0.3, 0.4) is 0 Å². The van der Waals surface area contributed by atoms with Crippen molar-refractivity contribution in [2.24, 2.45) is 11.8 Å². The fraction of sp³-hybridized carbons (Fsp3) is 0.938. The Morgan fingerprint density at radius 3 is 2.35 bits per heavy atom. The quantitative estimate of drug-likeness (QED) is 0.842. The van der Waals surface area contributed by atoms with E-state index in [9.17, 15) is 4.79 Å². The number of amides is 1. The molecule has 2 rings (SSSR count). The minimum absolute atomic E-state index is 0.142. The number of carbonyl (C=O) groups is 1. The number of hydrogen-bond donors (Lipinski definition) is 1. The third-order valence-electron chi connectivity index (χ3n) is 4.92. The SMILES string of the molecule is COCC(C(C)C)N1C(=O)C2(CCCC2)NC1C(C)C. The van der Waals surface area contributed by atoms with Crippen molar-refractivity contribution >= 4 is 5.91 Å². The van der Waals surface area contributed by atoms with Crippen molar-refractivity contribution in [3.05, 3.63) is 0 Å². The first-order valence-electron chi connectivity index (χ1n) is 8.02. The molecule has 1 heterocycles. The number of nitrogens with zero attached hydrogens (tertiary/aromatic N) is 1. The zero-order valence-corrected chi connectivity index (χ0v) is 13.6. The highest BCUT2D eigenvalue weighted by molar-refractivity contribution is 5.89. The molecular formula is C16H30N2O2. The number of nitrogens with one attached hydrogen (secondary N) is 1. The third-order valence-corrected chi connectivity index (χ3v) is 4.92. The van der Waals surface area contributed by atoms with Gasteiger partial charge in [0.25, 0.3) is 0 Å². The summed E-state index contributed by atoms with van der Waals surface area (Å²) in [7, 11) is 1.72. The Hall–Kier alpha value is -0.610. The lowest BCUT2D eigenvalue weighted by Gasteiger charge is -2.36. The topological polar surface area (TPSA) is 41.6 Å². The van der Waals surface area contributed by atoms with Gasteiger partial charge in [0.05, 0.1) is 24.4 Å². The molecule has 0 aromatic heterocycles. The average Bonchev–Trinajstić information content (AvgIpc) is 2.95. The second-order valence-corrected chi connectivity index (χ2v) is 7.10. The van der Waals surface area contributed by atoms with Crippen molar-refractivity contribution in [3.8, 4) is 0 Å². The maximum atomic E-state index is 13.1. The standard InChI is InChI=1S/C16H30N2O2/c1-11(2)13(10-20-5)18-14(12(3)4)17-16(15(18)19)8-6-7-9-16/h11-14,17H,6-10H2,1-5H3. The first-order chi connectivity index (χ1) is 9.43. The zero-order valence-electron chi connectivity index (χ0n) is 13.6. The lowest BCUT2D eigenvalue weighted by Crippen LogP contribution is -2.51. The molecule has 1 saturated heterocycles. The predicted octanol–water partition coefficient (Wildman–Crippen LogP) is 2.38. The van der Waals surface area contributed by atoms with Gasteiger partial charge in [-0.1, -0.05) is 40.5 Å². The molecule has 0 radical (unpaired) electrons. The summed E-state index contributed by atoms with van der Waals surface area (Å²) in [5.41, 5.74) is -0.282. The van der Waals surface area contributed by atoms with E-state index < -0.39 is 0 Å². The molecule has 1 N–H and O–H groups in total. The molecule has 1 amide bonds. The second-order valence-electron chi connectivity index (χ2n) is 7.10. The fourth-order valence-electron chi connectivity index (χ4n) is 3.73. The Balaban J connectivity index is 2.29. The smallest absolute Gasteiger partial charge is 0.244 e.